The Kier molecular flexibility index (Phi) is 11.1. The van der Waals surface area contributed by atoms with Gasteiger partial charge in [0.25, 0.3) is 0 Å². The van der Waals surface area contributed by atoms with Crippen molar-refractivity contribution in [2.45, 2.75) is 72.6 Å². The summed E-state index contributed by atoms with van der Waals surface area (Å²) in [5.74, 6) is 0. The molecule has 0 unspecified atom stereocenters. The number of benzene rings is 1. The van der Waals surface area contributed by atoms with Crippen LogP contribution in [0, 0.1) is 0 Å². The summed E-state index contributed by atoms with van der Waals surface area (Å²) in [4.78, 5) is 0. The number of rotatable bonds is 11. The summed E-state index contributed by atoms with van der Waals surface area (Å²) in [6.45, 7) is 7.05. The van der Waals surface area contributed by atoms with Gasteiger partial charge in [-0.1, -0.05) is 0 Å². The molecule has 0 spiro atoms. The monoisotopic (exact) mass is 520 g/mol. The van der Waals surface area contributed by atoms with E-state index in [9.17, 15) is 0 Å². The number of halogens is 1. The van der Waals surface area contributed by atoms with Crippen LogP contribution in [0.5, 0.6) is 0 Å². The molecule has 0 heterocycles. The maximum atomic E-state index is 2.73. The molecular formula is C20H33ISn. The van der Waals surface area contributed by atoms with Crippen molar-refractivity contribution in [3.05, 3.63) is 37.5 Å². The van der Waals surface area contributed by atoms with Gasteiger partial charge < -0.3 is 0 Å². The predicted molar refractivity (Wildman–Crippen MR) is 113 cm³/mol. The van der Waals surface area contributed by atoms with E-state index in [4.69, 9.17) is 0 Å². The van der Waals surface area contributed by atoms with Crippen LogP contribution in [0.2, 0.25) is 13.3 Å². The average Bonchev–Trinajstić information content (AvgIpc) is 2.55. The van der Waals surface area contributed by atoms with Gasteiger partial charge in [-0.25, -0.2) is 0 Å². The zero-order valence-corrected chi connectivity index (χ0v) is 19.7. The molecule has 0 fully saturated rings. The van der Waals surface area contributed by atoms with Crippen LogP contribution in [0.15, 0.2) is 31.9 Å². The fourth-order valence-electron chi connectivity index (χ4n) is 3.13. The maximum absolute atomic E-state index is 2.73. The topological polar surface area (TPSA) is 0 Å². The summed E-state index contributed by atoms with van der Waals surface area (Å²) in [6.07, 6.45) is 10.9. The number of hydrogen-bond acceptors (Lipinski definition) is 0. The van der Waals surface area contributed by atoms with Crippen LogP contribution in [-0.4, -0.2) is 18.4 Å². The molecule has 0 N–H and O–H groups in total. The molecule has 0 nitrogen and oxygen atoms in total. The van der Waals surface area contributed by atoms with Gasteiger partial charge >= 0.3 is 157 Å². The fourth-order valence-corrected chi connectivity index (χ4v) is 23.3. The molecular weight excluding hydrogens is 486 g/mol. The molecule has 1 aromatic carbocycles. The molecule has 1 aromatic rings. The van der Waals surface area contributed by atoms with E-state index in [0.717, 1.165) is 0 Å². The van der Waals surface area contributed by atoms with E-state index in [0.29, 0.717) is 0 Å². The molecule has 124 valence electrons. The van der Waals surface area contributed by atoms with Crippen LogP contribution >= 0.6 is 22.6 Å². The van der Waals surface area contributed by atoms with Gasteiger partial charge in [0.05, 0.1) is 0 Å². The Morgan fingerprint density at radius 1 is 0.864 bits per heavy atom. The zero-order valence-electron chi connectivity index (χ0n) is 14.7. The molecule has 22 heavy (non-hydrogen) atoms. The van der Waals surface area contributed by atoms with E-state index in [-0.39, 0.29) is 0 Å². The molecule has 0 bridgehead atoms. The van der Waals surface area contributed by atoms with Gasteiger partial charge in [0.15, 0.2) is 0 Å². The van der Waals surface area contributed by atoms with E-state index in [2.05, 4.69) is 79.8 Å². The normalized spacial score (nSPS) is 12.6. The first kappa shape index (κ1) is 20.5. The summed E-state index contributed by atoms with van der Waals surface area (Å²) in [5.41, 5.74) is 1.40. The summed E-state index contributed by atoms with van der Waals surface area (Å²) in [7, 11) is 0. The van der Waals surface area contributed by atoms with Crippen LogP contribution in [-0.2, 0) is 0 Å². The predicted octanol–water partition coefficient (Wildman–Crippen LogP) is 7.85. The Labute approximate surface area is 156 Å². The van der Waals surface area contributed by atoms with E-state index < -0.39 is 18.4 Å². The van der Waals surface area contributed by atoms with Crippen molar-refractivity contribution in [3.63, 3.8) is 0 Å². The first-order chi connectivity index (χ1) is 10.7. The Hall–Kier alpha value is 0.489. The standard InChI is InChI=1S/C8H6I.3C4H9.Sn/c9-7-6-8-4-2-1-3-5-8;3*1-3-4-2;/h1-6H;3*1,3-4H2,2H3;. The van der Waals surface area contributed by atoms with Crippen molar-refractivity contribution < 1.29 is 0 Å². The Morgan fingerprint density at radius 3 is 1.73 bits per heavy atom. The van der Waals surface area contributed by atoms with Crippen molar-refractivity contribution in [1.29, 1.82) is 0 Å². The van der Waals surface area contributed by atoms with Crippen molar-refractivity contribution in [1.82, 2.24) is 0 Å². The summed E-state index contributed by atoms with van der Waals surface area (Å²) in [6, 6.07) is 11.0. The van der Waals surface area contributed by atoms with Gasteiger partial charge in [0, 0.05) is 0 Å². The first-order valence-corrected chi connectivity index (χ1v) is 17.7. The second kappa shape index (κ2) is 11.9. The molecule has 0 aliphatic heterocycles. The molecule has 0 saturated carbocycles. The quantitative estimate of drug-likeness (QED) is 0.207. The fraction of sp³-hybridized carbons (Fsp3) is 0.600. The zero-order chi connectivity index (χ0) is 16.3. The summed E-state index contributed by atoms with van der Waals surface area (Å²) < 4.78 is 6.47. The van der Waals surface area contributed by atoms with Crippen molar-refractivity contribution in [3.8, 4) is 0 Å². The molecule has 0 atom stereocenters. The number of hydrogen-bond donors (Lipinski definition) is 0. The Balaban J connectivity index is 3.04. The first-order valence-electron chi connectivity index (χ1n) is 9.11. The molecule has 0 saturated heterocycles. The Bertz CT molecular complexity index is 403. The molecule has 0 aliphatic rings. The second-order valence-corrected chi connectivity index (χ2v) is 23.7. The van der Waals surface area contributed by atoms with Gasteiger partial charge in [-0.05, 0) is 0 Å². The minimum absolute atomic E-state index is 1.35. The molecule has 2 heteroatoms. The molecule has 0 radical (unpaired) electrons. The van der Waals surface area contributed by atoms with E-state index in [1.54, 1.807) is 14.9 Å². The van der Waals surface area contributed by atoms with E-state index in [1.165, 1.54) is 44.1 Å². The van der Waals surface area contributed by atoms with E-state index >= 15 is 0 Å². The SMILES string of the molecule is CCC[CH2][Sn]([CH2]CCC)([CH2]CCC)/[C](I)=C\c1ccccc1. The average molecular weight is 519 g/mol. The summed E-state index contributed by atoms with van der Waals surface area (Å²) >= 11 is 0.560. The van der Waals surface area contributed by atoms with Crippen LogP contribution in [0.4, 0.5) is 0 Å². The summed E-state index contributed by atoms with van der Waals surface area (Å²) in [5, 5.41) is 0. The van der Waals surface area contributed by atoms with Crippen LogP contribution in [0.1, 0.15) is 64.9 Å². The molecule has 0 aliphatic carbocycles. The van der Waals surface area contributed by atoms with Gasteiger partial charge in [-0.15, -0.1) is 0 Å². The van der Waals surface area contributed by atoms with Crippen LogP contribution in [0.3, 0.4) is 0 Å². The van der Waals surface area contributed by atoms with Crippen molar-refractivity contribution >= 4 is 47.0 Å². The second-order valence-electron chi connectivity index (χ2n) is 6.49. The van der Waals surface area contributed by atoms with Crippen LogP contribution < -0.4 is 0 Å². The van der Waals surface area contributed by atoms with Gasteiger partial charge in [0.1, 0.15) is 0 Å². The third kappa shape index (κ3) is 6.94. The molecule has 0 aromatic heterocycles. The molecule has 1 rings (SSSR count). The third-order valence-electron chi connectivity index (χ3n) is 4.63. The van der Waals surface area contributed by atoms with Gasteiger partial charge in [-0.3, -0.25) is 0 Å². The van der Waals surface area contributed by atoms with E-state index in [1.807, 2.05) is 0 Å². The van der Waals surface area contributed by atoms with Crippen LogP contribution in [0.25, 0.3) is 6.08 Å². The van der Waals surface area contributed by atoms with Crippen molar-refractivity contribution in [2.75, 3.05) is 0 Å². The van der Waals surface area contributed by atoms with Crippen molar-refractivity contribution in [2.24, 2.45) is 0 Å². The number of unbranched alkanes of at least 4 members (excludes halogenated alkanes) is 3. The van der Waals surface area contributed by atoms with Gasteiger partial charge in [-0.2, -0.15) is 0 Å². The molecule has 0 amide bonds. The van der Waals surface area contributed by atoms with Gasteiger partial charge in [0.2, 0.25) is 0 Å². The Morgan fingerprint density at radius 2 is 1.32 bits per heavy atom. The third-order valence-corrected chi connectivity index (χ3v) is 27.1. The minimum atomic E-state index is -2.17.